The third-order valence-electron chi connectivity index (χ3n) is 1.77. The van der Waals surface area contributed by atoms with Crippen molar-refractivity contribution in [1.29, 1.82) is 0 Å². The quantitative estimate of drug-likeness (QED) is 0.576. The molecule has 0 saturated carbocycles. The van der Waals surface area contributed by atoms with E-state index in [-0.39, 0.29) is 6.61 Å². The van der Waals surface area contributed by atoms with Crippen LogP contribution in [0.5, 0.6) is 0 Å². The molecule has 11 heavy (non-hydrogen) atoms. The second-order valence-electron chi connectivity index (χ2n) is 3.02. The molecule has 0 spiro atoms. The summed E-state index contributed by atoms with van der Waals surface area (Å²) in [5.74, 6) is 0.763. The first-order valence-corrected chi connectivity index (χ1v) is 4.49. The molecule has 1 N–H and O–H groups in total. The minimum absolute atomic E-state index is 0.141. The van der Waals surface area contributed by atoms with E-state index in [1.54, 1.807) is 0 Å². The molecule has 0 radical (unpaired) electrons. The van der Waals surface area contributed by atoms with Crippen LogP contribution >= 0.6 is 0 Å². The van der Waals surface area contributed by atoms with Gasteiger partial charge in [0.1, 0.15) is 0 Å². The highest BCUT2D eigenvalue weighted by Gasteiger charge is 1.99. The number of aliphatic hydroxyl groups excluding tert-OH is 1. The summed E-state index contributed by atoms with van der Waals surface area (Å²) in [6.45, 7) is 5.86. The Labute approximate surface area is 69.6 Å². The van der Waals surface area contributed by atoms with E-state index in [4.69, 9.17) is 9.84 Å². The predicted octanol–water partition coefficient (Wildman–Crippen LogP) is 1.82. The highest BCUT2D eigenvalue weighted by Crippen LogP contribution is 2.08. The van der Waals surface area contributed by atoms with E-state index < -0.39 is 0 Å². The van der Waals surface area contributed by atoms with Crippen molar-refractivity contribution in [3.05, 3.63) is 0 Å². The Morgan fingerprint density at radius 2 is 2.00 bits per heavy atom. The number of rotatable bonds is 7. The van der Waals surface area contributed by atoms with Crippen LogP contribution in [0, 0.1) is 5.92 Å². The molecule has 0 fully saturated rings. The van der Waals surface area contributed by atoms with Crippen molar-refractivity contribution in [3.63, 3.8) is 0 Å². The molecule has 68 valence electrons. The van der Waals surface area contributed by atoms with Gasteiger partial charge in [0.05, 0.1) is 13.2 Å². The molecule has 2 nitrogen and oxygen atoms in total. The fourth-order valence-electron chi connectivity index (χ4n) is 1.09. The molecule has 0 aromatic rings. The molecular weight excluding hydrogens is 140 g/mol. The fraction of sp³-hybridized carbons (Fsp3) is 1.00. The third-order valence-corrected chi connectivity index (χ3v) is 1.77. The number of hydrogen-bond acceptors (Lipinski definition) is 2. The summed E-state index contributed by atoms with van der Waals surface area (Å²) in [6.07, 6.45) is 3.65. The average Bonchev–Trinajstić information content (AvgIpc) is 1.99. The van der Waals surface area contributed by atoms with Gasteiger partial charge in [-0.1, -0.05) is 26.7 Å². The molecule has 0 aliphatic heterocycles. The molecule has 1 unspecified atom stereocenters. The zero-order valence-corrected chi connectivity index (χ0v) is 7.68. The highest BCUT2D eigenvalue weighted by molar-refractivity contribution is 4.50. The summed E-state index contributed by atoms with van der Waals surface area (Å²) in [5.41, 5.74) is 0. The zero-order chi connectivity index (χ0) is 8.53. The molecule has 0 aliphatic carbocycles. The summed E-state index contributed by atoms with van der Waals surface area (Å²) < 4.78 is 5.15. The molecule has 0 aromatic carbocycles. The van der Waals surface area contributed by atoms with E-state index in [9.17, 15) is 0 Å². The fourth-order valence-corrected chi connectivity index (χ4v) is 1.09. The Balaban J connectivity index is 2.97. The molecule has 0 aromatic heterocycles. The maximum atomic E-state index is 8.41. The lowest BCUT2D eigenvalue weighted by atomic mass is 10.0. The largest absolute Gasteiger partial charge is 0.394 e. The summed E-state index contributed by atoms with van der Waals surface area (Å²) in [4.78, 5) is 0. The average molecular weight is 160 g/mol. The lowest BCUT2D eigenvalue weighted by Crippen LogP contribution is -2.04. The predicted molar refractivity (Wildman–Crippen MR) is 46.6 cm³/mol. The summed E-state index contributed by atoms with van der Waals surface area (Å²) in [7, 11) is 0. The van der Waals surface area contributed by atoms with Crippen LogP contribution in [0.2, 0.25) is 0 Å². The van der Waals surface area contributed by atoms with E-state index in [0.29, 0.717) is 6.61 Å². The zero-order valence-electron chi connectivity index (χ0n) is 7.68. The number of ether oxygens (including phenoxy) is 1. The maximum Gasteiger partial charge on any atom is 0.0697 e. The van der Waals surface area contributed by atoms with Gasteiger partial charge in [0.15, 0.2) is 0 Å². The Hall–Kier alpha value is -0.0800. The van der Waals surface area contributed by atoms with Crippen molar-refractivity contribution in [1.82, 2.24) is 0 Å². The number of hydrogen-bond donors (Lipinski definition) is 1. The van der Waals surface area contributed by atoms with E-state index in [0.717, 1.165) is 18.9 Å². The molecule has 0 bridgehead atoms. The molecule has 0 aliphatic rings. The standard InChI is InChI=1S/C9H20O2/c1-3-4-9(2)5-7-11-8-6-10/h9-10H,3-8H2,1-2H3. The molecule has 0 heterocycles. The Morgan fingerprint density at radius 3 is 2.55 bits per heavy atom. The first-order chi connectivity index (χ1) is 5.31. The molecule has 1 atom stereocenters. The topological polar surface area (TPSA) is 29.5 Å². The van der Waals surface area contributed by atoms with Gasteiger partial charge in [0.2, 0.25) is 0 Å². The summed E-state index contributed by atoms with van der Waals surface area (Å²) in [5, 5.41) is 8.41. The third kappa shape index (κ3) is 7.82. The Bertz CT molecular complexity index is 74.0. The van der Waals surface area contributed by atoms with Crippen LogP contribution in [0.3, 0.4) is 0 Å². The molecule has 0 rings (SSSR count). The van der Waals surface area contributed by atoms with Gasteiger partial charge < -0.3 is 9.84 Å². The van der Waals surface area contributed by atoms with Crippen LogP contribution in [-0.4, -0.2) is 24.9 Å². The van der Waals surface area contributed by atoms with Gasteiger partial charge in [-0.25, -0.2) is 0 Å². The van der Waals surface area contributed by atoms with Crippen molar-refractivity contribution in [2.45, 2.75) is 33.1 Å². The second kappa shape index (κ2) is 8.02. The summed E-state index contributed by atoms with van der Waals surface area (Å²) in [6, 6.07) is 0. The normalized spacial score (nSPS) is 13.4. The van der Waals surface area contributed by atoms with Gasteiger partial charge in [0.25, 0.3) is 0 Å². The minimum Gasteiger partial charge on any atom is -0.394 e. The van der Waals surface area contributed by atoms with Crippen LogP contribution in [0.1, 0.15) is 33.1 Å². The Morgan fingerprint density at radius 1 is 1.27 bits per heavy atom. The monoisotopic (exact) mass is 160 g/mol. The SMILES string of the molecule is CCCC(C)CCOCCO. The van der Waals surface area contributed by atoms with Crippen molar-refractivity contribution < 1.29 is 9.84 Å². The van der Waals surface area contributed by atoms with Gasteiger partial charge in [0, 0.05) is 6.61 Å². The first-order valence-electron chi connectivity index (χ1n) is 4.49. The van der Waals surface area contributed by atoms with E-state index >= 15 is 0 Å². The van der Waals surface area contributed by atoms with Crippen molar-refractivity contribution in [2.75, 3.05) is 19.8 Å². The van der Waals surface area contributed by atoms with Crippen LogP contribution in [0.4, 0.5) is 0 Å². The van der Waals surface area contributed by atoms with Gasteiger partial charge in [-0.3, -0.25) is 0 Å². The lowest BCUT2D eigenvalue weighted by molar-refractivity contribution is 0.0835. The number of aliphatic hydroxyl groups is 1. The summed E-state index contributed by atoms with van der Waals surface area (Å²) >= 11 is 0. The van der Waals surface area contributed by atoms with Gasteiger partial charge in [-0.15, -0.1) is 0 Å². The van der Waals surface area contributed by atoms with Crippen LogP contribution in [0.15, 0.2) is 0 Å². The van der Waals surface area contributed by atoms with Gasteiger partial charge >= 0.3 is 0 Å². The molecule has 2 heteroatoms. The van der Waals surface area contributed by atoms with Crippen molar-refractivity contribution in [2.24, 2.45) is 5.92 Å². The smallest absolute Gasteiger partial charge is 0.0697 e. The van der Waals surface area contributed by atoms with Crippen molar-refractivity contribution in [3.8, 4) is 0 Å². The lowest BCUT2D eigenvalue weighted by Gasteiger charge is -2.08. The van der Waals surface area contributed by atoms with Crippen molar-refractivity contribution >= 4 is 0 Å². The second-order valence-corrected chi connectivity index (χ2v) is 3.02. The highest BCUT2D eigenvalue weighted by atomic mass is 16.5. The van der Waals surface area contributed by atoms with Crippen LogP contribution in [-0.2, 0) is 4.74 Å². The van der Waals surface area contributed by atoms with Crippen LogP contribution in [0.25, 0.3) is 0 Å². The van der Waals surface area contributed by atoms with Gasteiger partial charge in [-0.05, 0) is 12.3 Å². The minimum atomic E-state index is 0.141. The maximum absolute atomic E-state index is 8.41. The van der Waals surface area contributed by atoms with Gasteiger partial charge in [-0.2, -0.15) is 0 Å². The van der Waals surface area contributed by atoms with Crippen LogP contribution < -0.4 is 0 Å². The van der Waals surface area contributed by atoms with E-state index in [1.165, 1.54) is 12.8 Å². The van der Waals surface area contributed by atoms with E-state index in [2.05, 4.69) is 13.8 Å². The Kier molecular flexibility index (Phi) is 7.96. The molecule has 0 amide bonds. The first kappa shape index (κ1) is 10.9. The molecular formula is C9H20O2. The molecule has 0 saturated heterocycles. The van der Waals surface area contributed by atoms with E-state index in [1.807, 2.05) is 0 Å².